The molecule has 4 nitrogen and oxygen atoms in total. The Morgan fingerprint density at radius 3 is 2.38 bits per heavy atom. The Morgan fingerprint density at radius 1 is 1.24 bits per heavy atom. The molecule has 0 spiro atoms. The minimum atomic E-state index is -3.76. The average molecular weight is 314 g/mol. The predicted octanol–water partition coefficient (Wildman–Crippen LogP) is 3.06. The van der Waals surface area contributed by atoms with Gasteiger partial charge in [0.25, 0.3) is 0 Å². The van der Waals surface area contributed by atoms with Crippen LogP contribution in [0, 0.1) is 5.82 Å². The van der Waals surface area contributed by atoms with Crippen molar-refractivity contribution in [2.24, 2.45) is 0 Å². The van der Waals surface area contributed by atoms with Crippen molar-refractivity contribution >= 4 is 15.8 Å². The zero-order valence-corrected chi connectivity index (χ0v) is 13.0. The Bertz CT molecular complexity index is 646. The molecule has 1 saturated carbocycles. The molecule has 1 aromatic carbocycles. The maximum atomic E-state index is 14.5. The molecule has 0 bridgehead atoms. The van der Waals surface area contributed by atoms with Crippen molar-refractivity contribution in [3.8, 4) is 0 Å². The summed E-state index contributed by atoms with van der Waals surface area (Å²) in [6, 6.07) is 2.88. The molecule has 0 saturated heterocycles. The van der Waals surface area contributed by atoms with Gasteiger partial charge in [0, 0.05) is 6.26 Å². The molecule has 0 heterocycles. The molecule has 0 atom stereocenters. The second-order valence-corrected chi connectivity index (χ2v) is 7.40. The van der Waals surface area contributed by atoms with E-state index in [2.05, 4.69) is 4.74 Å². The van der Waals surface area contributed by atoms with Gasteiger partial charge < -0.3 is 4.74 Å². The first kappa shape index (κ1) is 15.9. The molecular weight excluding hydrogens is 295 g/mol. The van der Waals surface area contributed by atoms with Gasteiger partial charge in [0.15, 0.2) is 15.7 Å². The van der Waals surface area contributed by atoms with Crippen molar-refractivity contribution in [3.05, 3.63) is 29.1 Å². The summed E-state index contributed by atoms with van der Waals surface area (Å²) in [4.78, 5) is 11.2. The number of benzene rings is 1. The first-order valence-electron chi connectivity index (χ1n) is 6.97. The average Bonchev–Trinajstić information content (AvgIpc) is 2.45. The van der Waals surface area contributed by atoms with Crippen LogP contribution in [0.15, 0.2) is 17.0 Å². The molecule has 1 aliphatic carbocycles. The number of ether oxygens (including phenoxy) is 1. The number of methoxy groups -OCH3 is 1. The summed E-state index contributed by atoms with van der Waals surface area (Å²) in [7, 11) is -2.62. The molecule has 1 aliphatic rings. The maximum Gasteiger partial charge on any atom is 0.340 e. The van der Waals surface area contributed by atoms with Crippen molar-refractivity contribution in [2.75, 3.05) is 13.4 Å². The van der Waals surface area contributed by atoms with Crippen molar-refractivity contribution < 1.29 is 22.3 Å². The van der Waals surface area contributed by atoms with E-state index in [1.165, 1.54) is 6.07 Å². The Balaban J connectivity index is 2.61. The zero-order chi connectivity index (χ0) is 15.6. The van der Waals surface area contributed by atoms with Gasteiger partial charge in [0.2, 0.25) is 0 Å². The van der Waals surface area contributed by atoms with E-state index in [-0.39, 0.29) is 16.4 Å². The Hall–Kier alpha value is -1.43. The molecule has 0 aliphatic heterocycles. The molecule has 0 amide bonds. The van der Waals surface area contributed by atoms with Crippen LogP contribution in [0.2, 0.25) is 0 Å². The number of hydrogen-bond acceptors (Lipinski definition) is 4. The number of sulfone groups is 1. The van der Waals surface area contributed by atoms with Gasteiger partial charge in [-0.05, 0) is 30.4 Å². The van der Waals surface area contributed by atoms with Gasteiger partial charge in [0.1, 0.15) is 4.90 Å². The van der Waals surface area contributed by atoms with Crippen molar-refractivity contribution in [1.82, 2.24) is 0 Å². The highest BCUT2D eigenvalue weighted by Gasteiger charge is 2.29. The molecule has 0 radical (unpaired) electrons. The number of hydrogen-bond donors (Lipinski definition) is 0. The fraction of sp³-hybridized carbons (Fsp3) is 0.533. The van der Waals surface area contributed by atoms with Gasteiger partial charge >= 0.3 is 5.97 Å². The van der Waals surface area contributed by atoms with E-state index in [1.807, 2.05) is 0 Å². The quantitative estimate of drug-likeness (QED) is 0.805. The summed E-state index contributed by atoms with van der Waals surface area (Å²) in [6.45, 7) is 0. The summed E-state index contributed by atoms with van der Waals surface area (Å²) in [5, 5.41) is 0. The van der Waals surface area contributed by atoms with Gasteiger partial charge in [-0.1, -0.05) is 25.3 Å². The number of rotatable bonds is 3. The number of esters is 1. The first-order chi connectivity index (χ1) is 9.86. The third-order valence-electron chi connectivity index (χ3n) is 3.95. The van der Waals surface area contributed by atoms with Gasteiger partial charge in [-0.3, -0.25) is 0 Å². The molecule has 1 fully saturated rings. The number of halogens is 1. The van der Waals surface area contributed by atoms with Gasteiger partial charge in [-0.2, -0.15) is 0 Å². The van der Waals surface area contributed by atoms with E-state index < -0.39 is 21.6 Å². The van der Waals surface area contributed by atoms with E-state index in [9.17, 15) is 17.6 Å². The van der Waals surface area contributed by atoms with Crippen LogP contribution in [0.5, 0.6) is 0 Å². The second-order valence-electron chi connectivity index (χ2n) is 5.44. The Morgan fingerprint density at radius 2 is 1.86 bits per heavy atom. The van der Waals surface area contributed by atoms with Crippen LogP contribution < -0.4 is 0 Å². The Labute approximate surface area is 124 Å². The van der Waals surface area contributed by atoms with Gasteiger partial charge in [0.05, 0.1) is 12.7 Å². The van der Waals surface area contributed by atoms with Crippen molar-refractivity contribution in [1.29, 1.82) is 0 Å². The van der Waals surface area contributed by atoms with E-state index >= 15 is 0 Å². The minimum Gasteiger partial charge on any atom is -0.465 e. The minimum absolute atomic E-state index is 0.0321. The van der Waals surface area contributed by atoms with Crippen LogP contribution in [0.3, 0.4) is 0 Å². The topological polar surface area (TPSA) is 60.4 Å². The summed E-state index contributed by atoms with van der Waals surface area (Å²) in [5.74, 6) is -1.83. The monoisotopic (exact) mass is 314 g/mol. The van der Waals surface area contributed by atoms with E-state index in [1.54, 1.807) is 6.07 Å². The highest BCUT2D eigenvalue weighted by molar-refractivity contribution is 7.90. The standard InChI is InChI=1S/C15H19FO4S/c1-20-15(17)12-9-8-11(10-6-4-3-5-7-10)14(13(12)16)21(2,18)19/h8-10H,3-7H2,1-2H3. The summed E-state index contributed by atoms with van der Waals surface area (Å²) < 4.78 is 43.0. The molecule has 6 heteroatoms. The molecule has 1 aromatic rings. The maximum absolute atomic E-state index is 14.5. The lowest BCUT2D eigenvalue weighted by Gasteiger charge is -2.24. The summed E-state index contributed by atoms with van der Waals surface area (Å²) >= 11 is 0. The number of carbonyl (C=O) groups excluding carboxylic acids is 1. The molecule has 21 heavy (non-hydrogen) atoms. The largest absolute Gasteiger partial charge is 0.465 e. The molecule has 0 unspecified atom stereocenters. The van der Waals surface area contributed by atoms with Crippen LogP contribution in [-0.4, -0.2) is 27.8 Å². The highest BCUT2D eigenvalue weighted by atomic mass is 32.2. The van der Waals surface area contributed by atoms with Crippen molar-refractivity contribution in [3.63, 3.8) is 0 Å². The number of carbonyl (C=O) groups is 1. The van der Waals surface area contributed by atoms with Gasteiger partial charge in [-0.15, -0.1) is 0 Å². The summed E-state index contributed by atoms with van der Waals surface area (Å²) in [6.07, 6.45) is 5.80. The molecule has 0 aromatic heterocycles. The van der Waals surface area contributed by atoms with Crippen LogP contribution in [0.4, 0.5) is 4.39 Å². The van der Waals surface area contributed by atoms with E-state index in [4.69, 9.17) is 0 Å². The third-order valence-corrected chi connectivity index (χ3v) is 5.11. The summed E-state index contributed by atoms with van der Waals surface area (Å²) in [5.41, 5.74) is 0.153. The predicted molar refractivity (Wildman–Crippen MR) is 76.7 cm³/mol. The van der Waals surface area contributed by atoms with Crippen LogP contribution in [0.1, 0.15) is 53.9 Å². The normalized spacial score (nSPS) is 16.7. The van der Waals surface area contributed by atoms with E-state index in [0.29, 0.717) is 5.56 Å². The Kier molecular flexibility index (Phi) is 4.66. The fourth-order valence-corrected chi connectivity index (χ4v) is 4.05. The second kappa shape index (κ2) is 6.13. The SMILES string of the molecule is COC(=O)c1ccc(C2CCCCC2)c(S(C)(=O)=O)c1F. The lowest BCUT2D eigenvalue weighted by atomic mass is 9.83. The van der Waals surface area contributed by atoms with Gasteiger partial charge in [-0.25, -0.2) is 17.6 Å². The molecular formula is C15H19FO4S. The smallest absolute Gasteiger partial charge is 0.340 e. The van der Waals surface area contributed by atoms with Crippen LogP contribution in [-0.2, 0) is 14.6 Å². The lowest BCUT2D eigenvalue weighted by molar-refractivity contribution is 0.0594. The zero-order valence-electron chi connectivity index (χ0n) is 12.2. The van der Waals surface area contributed by atoms with Crippen LogP contribution in [0.25, 0.3) is 0 Å². The molecule has 2 rings (SSSR count). The fourth-order valence-electron chi connectivity index (χ4n) is 2.95. The first-order valence-corrected chi connectivity index (χ1v) is 8.86. The van der Waals surface area contributed by atoms with Crippen molar-refractivity contribution in [2.45, 2.75) is 42.9 Å². The van der Waals surface area contributed by atoms with Crippen LogP contribution >= 0.6 is 0 Å². The molecule has 116 valence electrons. The molecule has 0 N–H and O–H groups in total. The third kappa shape index (κ3) is 3.26. The highest BCUT2D eigenvalue weighted by Crippen LogP contribution is 2.37. The van der Waals surface area contributed by atoms with E-state index in [0.717, 1.165) is 45.5 Å². The lowest BCUT2D eigenvalue weighted by Crippen LogP contribution is -2.15.